The van der Waals surface area contributed by atoms with Gasteiger partial charge in [0.15, 0.2) is 0 Å². The van der Waals surface area contributed by atoms with Gasteiger partial charge in [0.05, 0.1) is 0 Å². The Balaban J connectivity index is -0.000000563. The summed E-state index contributed by atoms with van der Waals surface area (Å²) < 4.78 is 0. The van der Waals surface area contributed by atoms with Crippen molar-refractivity contribution < 1.29 is 15.0 Å². The van der Waals surface area contributed by atoms with Gasteiger partial charge in [-0.3, -0.25) is 4.79 Å². The van der Waals surface area contributed by atoms with Crippen molar-refractivity contribution in [1.29, 1.82) is 0 Å². The summed E-state index contributed by atoms with van der Waals surface area (Å²) in [6.45, 7) is 0. The Bertz CT molecular complexity index is 305. The summed E-state index contributed by atoms with van der Waals surface area (Å²) in [6, 6.07) is 5.42. The molecule has 4 nitrogen and oxygen atoms in total. The van der Waals surface area contributed by atoms with Crippen LogP contribution in [0.15, 0.2) is 24.3 Å². The van der Waals surface area contributed by atoms with Crippen molar-refractivity contribution in [3.63, 3.8) is 0 Å². The van der Waals surface area contributed by atoms with Gasteiger partial charge in [-0.15, -0.1) is 71.9 Å². The number of halogens is 3. The molecular formula is C9H14I3NO3. The summed E-state index contributed by atoms with van der Waals surface area (Å²) in [5, 5.41) is 17.5. The van der Waals surface area contributed by atoms with E-state index in [1.54, 1.807) is 12.1 Å². The fourth-order valence-corrected chi connectivity index (χ4v) is 0.973. The number of hydrogen-bond donors (Lipinski definition) is 3. The number of carboxylic acids is 1. The SMILES string of the molecule is I.I.I.N[C@@H](Cc1ccc(O)cc1)C(=O)O. The maximum Gasteiger partial charge on any atom is 0.320 e. The van der Waals surface area contributed by atoms with Crippen LogP contribution in [-0.2, 0) is 11.2 Å². The number of phenols is 1. The first-order chi connectivity index (χ1) is 6.09. The van der Waals surface area contributed by atoms with Crippen LogP contribution >= 0.6 is 71.9 Å². The van der Waals surface area contributed by atoms with Crippen LogP contribution in [0.1, 0.15) is 5.56 Å². The highest BCUT2D eigenvalue weighted by molar-refractivity contribution is 14.0. The molecule has 0 aromatic heterocycles. The third kappa shape index (κ3) is 7.84. The Morgan fingerprint density at radius 2 is 1.62 bits per heavy atom. The number of aromatic hydroxyl groups is 1. The Kier molecular flexibility index (Phi) is 14.7. The quantitative estimate of drug-likeness (QED) is 0.492. The first-order valence-electron chi connectivity index (χ1n) is 3.86. The van der Waals surface area contributed by atoms with E-state index in [2.05, 4.69) is 0 Å². The molecule has 1 aromatic rings. The number of carbonyl (C=O) groups is 1. The molecule has 1 atom stereocenters. The molecule has 0 saturated heterocycles. The molecule has 1 rings (SSSR count). The lowest BCUT2D eigenvalue weighted by molar-refractivity contribution is -0.138. The van der Waals surface area contributed by atoms with Crippen LogP contribution in [0.2, 0.25) is 0 Å². The number of carboxylic acid groups (broad SMARTS) is 1. The molecule has 0 aliphatic rings. The normalized spacial score (nSPS) is 10.1. The van der Waals surface area contributed by atoms with E-state index in [0.717, 1.165) is 5.56 Å². The molecule has 0 aliphatic heterocycles. The van der Waals surface area contributed by atoms with E-state index in [4.69, 9.17) is 15.9 Å². The lowest BCUT2D eigenvalue weighted by Crippen LogP contribution is -2.32. The third-order valence-electron chi connectivity index (χ3n) is 1.71. The van der Waals surface area contributed by atoms with Crippen molar-refractivity contribution in [3.8, 4) is 5.75 Å². The lowest BCUT2D eigenvalue weighted by atomic mass is 10.1. The van der Waals surface area contributed by atoms with Crippen LogP contribution < -0.4 is 5.73 Å². The Hall–Kier alpha value is 0.640. The van der Waals surface area contributed by atoms with Crippen molar-refractivity contribution >= 4 is 77.9 Å². The van der Waals surface area contributed by atoms with Crippen molar-refractivity contribution in [2.75, 3.05) is 0 Å². The first kappa shape index (κ1) is 21.9. The van der Waals surface area contributed by atoms with E-state index in [9.17, 15) is 4.79 Å². The number of nitrogens with two attached hydrogens (primary N) is 1. The Labute approximate surface area is 145 Å². The van der Waals surface area contributed by atoms with Gasteiger partial charge >= 0.3 is 5.97 Å². The fourth-order valence-electron chi connectivity index (χ4n) is 0.973. The molecule has 1 aromatic carbocycles. The largest absolute Gasteiger partial charge is 0.508 e. The number of benzene rings is 1. The molecule has 0 amide bonds. The van der Waals surface area contributed by atoms with Crippen LogP contribution in [0.3, 0.4) is 0 Å². The van der Waals surface area contributed by atoms with E-state index in [-0.39, 0.29) is 84.1 Å². The fraction of sp³-hybridized carbons (Fsp3) is 0.222. The highest BCUT2D eigenvalue weighted by Gasteiger charge is 2.11. The van der Waals surface area contributed by atoms with E-state index in [1.807, 2.05) is 0 Å². The molecule has 0 bridgehead atoms. The maximum atomic E-state index is 10.4. The predicted molar refractivity (Wildman–Crippen MR) is 93.7 cm³/mol. The minimum atomic E-state index is -1.02. The zero-order valence-electron chi connectivity index (χ0n) is 8.20. The predicted octanol–water partition coefficient (Wildman–Crippen LogP) is 2.20. The van der Waals surface area contributed by atoms with Gasteiger partial charge in [0, 0.05) is 0 Å². The second-order valence-corrected chi connectivity index (χ2v) is 2.82. The van der Waals surface area contributed by atoms with Gasteiger partial charge in [-0.1, -0.05) is 12.1 Å². The number of hydrogen-bond acceptors (Lipinski definition) is 3. The summed E-state index contributed by atoms with van der Waals surface area (Å²) in [5.41, 5.74) is 6.12. The van der Waals surface area contributed by atoms with Crippen LogP contribution in [0.4, 0.5) is 0 Å². The Morgan fingerprint density at radius 3 is 2.00 bits per heavy atom. The molecule has 4 N–H and O–H groups in total. The van der Waals surface area contributed by atoms with Crippen molar-refractivity contribution in [1.82, 2.24) is 0 Å². The molecular weight excluding hydrogens is 551 g/mol. The van der Waals surface area contributed by atoms with E-state index in [0.29, 0.717) is 0 Å². The average Bonchev–Trinajstić information content (AvgIpc) is 2.08. The topological polar surface area (TPSA) is 83.5 Å². The molecule has 0 unspecified atom stereocenters. The summed E-state index contributed by atoms with van der Waals surface area (Å²) >= 11 is 0. The number of aliphatic carboxylic acids is 1. The molecule has 94 valence electrons. The summed E-state index contributed by atoms with van der Waals surface area (Å²) in [4.78, 5) is 10.4. The van der Waals surface area contributed by atoms with Gasteiger partial charge in [0.1, 0.15) is 11.8 Å². The van der Waals surface area contributed by atoms with Crippen LogP contribution in [0.5, 0.6) is 5.75 Å². The zero-order chi connectivity index (χ0) is 9.84. The first-order valence-corrected chi connectivity index (χ1v) is 3.86. The van der Waals surface area contributed by atoms with Crippen LogP contribution in [-0.4, -0.2) is 22.2 Å². The summed E-state index contributed by atoms with van der Waals surface area (Å²) in [7, 11) is 0. The second-order valence-electron chi connectivity index (χ2n) is 2.82. The average molecular weight is 565 g/mol. The van der Waals surface area contributed by atoms with Gasteiger partial charge < -0.3 is 15.9 Å². The van der Waals surface area contributed by atoms with E-state index >= 15 is 0 Å². The van der Waals surface area contributed by atoms with Crippen molar-refractivity contribution in [2.24, 2.45) is 5.73 Å². The minimum Gasteiger partial charge on any atom is -0.508 e. The molecule has 0 fully saturated rings. The zero-order valence-corrected chi connectivity index (χ0v) is 15.2. The standard InChI is InChI=1S/C9H11NO3.3HI/c10-8(9(12)13)5-6-1-3-7(11)4-2-6;;;/h1-4,8,11H,5,10H2,(H,12,13);3*1H/t8-;;;/m0.../s1. The van der Waals surface area contributed by atoms with Gasteiger partial charge in [-0.2, -0.15) is 0 Å². The van der Waals surface area contributed by atoms with Gasteiger partial charge in [0.2, 0.25) is 0 Å². The molecule has 0 heterocycles. The second kappa shape index (κ2) is 10.8. The van der Waals surface area contributed by atoms with E-state index in [1.165, 1.54) is 12.1 Å². The smallest absolute Gasteiger partial charge is 0.320 e. The molecule has 0 saturated carbocycles. The lowest BCUT2D eigenvalue weighted by Gasteiger charge is -2.05. The molecule has 0 spiro atoms. The van der Waals surface area contributed by atoms with Crippen molar-refractivity contribution in [2.45, 2.75) is 12.5 Å². The van der Waals surface area contributed by atoms with Crippen LogP contribution in [0.25, 0.3) is 0 Å². The number of phenolic OH excluding ortho intramolecular Hbond substituents is 1. The van der Waals surface area contributed by atoms with Gasteiger partial charge in [-0.05, 0) is 24.1 Å². The Morgan fingerprint density at radius 1 is 1.19 bits per heavy atom. The maximum absolute atomic E-state index is 10.4. The van der Waals surface area contributed by atoms with Gasteiger partial charge in [0.25, 0.3) is 0 Å². The highest BCUT2D eigenvalue weighted by Crippen LogP contribution is 2.10. The van der Waals surface area contributed by atoms with Crippen molar-refractivity contribution in [3.05, 3.63) is 29.8 Å². The highest BCUT2D eigenvalue weighted by atomic mass is 127. The monoisotopic (exact) mass is 565 g/mol. The minimum absolute atomic E-state index is 0. The molecule has 0 radical (unpaired) electrons. The summed E-state index contributed by atoms with van der Waals surface area (Å²) in [5.74, 6) is -0.860. The van der Waals surface area contributed by atoms with E-state index < -0.39 is 12.0 Å². The van der Waals surface area contributed by atoms with Crippen LogP contribution in [0, 0.1) is 0 Å². The van der Waals surface area contributed by atoms with Gasteiger partial charge in [-0.25, -0.2) is 0 Å². The molecule has 16 heavy (non-hydrogen) atoms. The third-order valence-corrected chi connectivity index (χ3v) is 1.71. The molecule has 7 heteroatoms. The summed E-state index contributed by atoms with van der Waals surface area (Å²) in [6.07, 6.45) is 0.273. The molecule has 0 aliphatic carbocycles. The number of rotatable bonds is 3.